The minimum atomic E-state index is -1.54. The molecule has 0 aliphatic carbocycles. The summed E-state index contributed by atoms with van der Waals surface area (Å²) < 4.78 is 11.1. The van der Waals surface area contributed by atoms with Crippen LogP contribution in [0.25, 0.3) is 0 Å². The van der Waals surface area contributed by atoms with Gasteiger partial charge in [-0.3, -0.25) is 4.79 Å². The quantitative estimate of drug-likeness (QED) is 0.0728. The van der Waals surface area contributed by atoms with E-state index in [1.807, 2.05) is 0 Å². The van der Waals surface area contributed by atoms with Gasteiger partial charge in [0.15, 0.2) is 6.29 Å². The highest BCUT2D eigenvalue weighted by Crippen LogP contribution is 2.23. The van der Waals surface area contributed by atoms with Crippen LogP contribution in [-0.2, 0) is 14.3 Å². The van der Waals surface area contributed by atoms with Crippen molar-refractivity contribution in [2.24, 2.45) is 0 Å². The molecule has 6 N–H and O–H groups in total. The van der Waals surface area contributed by atoms with Gasteiger partial charge in [-0.25, -0.2) is 0 Å². The van der Waals surface area contributed by atoms with Crippen LogP contribution in [0.2, 0.25) is 0 Å². The predicted octanol–water partition coefficient (Wildman–Crippen LogP) is 4.88. The Hall–Kier alpha value is -0.810. The zero-order chi connectivity index (χ0) is 31.0. The molecule has 0 aromatic carbocycles. The minimum absolute atomic E-state index is 0.134. The number of hydrogen-bond acceptors (Lipinski definition) is 8. The normalized spacial score (nSPS) is 24.0. The molecule has 0 bridgehead atoms. The summed E-state index contributed by atoms with van der Waals surface area (Å²) in [5.41, 5.74) is 0. The number of aliphatic hydroxyl groups is 5. The summed E-state index contributed by atoms with van der Waals surface area (Å²) in [6.45, 7) is 3.75. The third-order valence-corrected chi connectivity index (χ3v) is 8.46. The van der Waals surface area contributed by atoms with E-state index in [-0.39, 0.29) is 12.5 Å². The van der Waals surface area contributed by atoms with E-state index >= 15 is 0 Å². The Morgan fingerprint density at radius 2 is 1.19 bits per heavy atom. The van der Waals surface area contributed by atoms with Crippen LogP contribution < -0.4 is 5.32 Å². The lowest BCUT2D eigenvalue weighted by atomic mass is 9.99. The summed E-state index contributed by atoms with van der Waals surface area (Å²) >= 11 is 0. The van der Waals surface area contributed by atoms with Crippen LogP contribution in [0, 0.1) is 0 Å². The topological polar surface area (TPSA) is 149 Å². The number of rotatable bonds is 27. The molecular weight excluding hydrogens is 538 g/mol. The lowest BCUT2D eigenvalue weighted by Crippen LogP contribution is -2.60. The SMILES string of the molecule is CCCCCCCCCCCCC[C@@H](O)[C@H](CO[C@@H]1O[C@H](CO)[C@H](O)C(O)C1O)NC(=O)CCCCCCCCCC. The highest BCUT2D eigenvalue weighted by Gasteiger charge is 2.44. The fourth-order valence-electron chi connectivity index (χ4n) is 5.57. The Labute approximate surface area is 255 Å². The molecule has 0 saturated carbocycles. The van der Waals surface area contributed by atoms with Crippen molar-refractivity contribution in [2.45, 2.75) is 192 Å². The van der Waals surface area contributed by atoms with Crippen molar-refractivity contribution >= 4 is 5.91 Å². The van der Waals surface area contributed by atoms with Gasteiger partial charge in [0.25, 0.3) is 0 Å². The maximum atomic E-state index is 12.7. The molecule has 250 valence electrons. The number of ether oxygens (including phenoxy) is 2. The summed E-state index contributed by atoms with van der Waals surface area (Å²) in [5, 5.41) is 53.7. The molecule has 7 atom stereocenters. The Kier molecular flexibility index (Phi) is 23.8. The highest BCUT2D eigenvalue weighted by molar-refractivity contribution is 5.76. The third-order valence-electron chi connectivity index (χ3n) is 8.46. The van der Waals surface area contributed by atoms with Crippen LogP contribution in [-0.4, -0.2) is 87.5 Å². The van der Waals surface area contributed by atoms with E-state index in [2.05, 4.69) is 19.2 Å². The monoisotopic (exact) mass is 603 g/mol. The van der Waals surface area contributed by atoms with Crippen LogP contribution in [0.1, 0.15) is 149 Å². The number of carbonyl (C=O) groups excluding carboxylic acids is 1. The maximum absolute atomic E-state index is 12.7. The summed E-state index contributed by atoms with van der Waals surface area (Å²) in [6, 6.07) is -0.706. The van der Waals surface area contributed by atoms with Crippen molar-refractivity contribution in [1.82, 2.24) is 5.32 Å². The van der Waals surface area contributed by atoms with Gasteiger partial charge < -0.3 is 40.3 Å². The molecule has 9 heteroatoms. The fraction of sp³-hybridized carbons (Fsp3) is 0.970. The number of unbranched alkanes of at least 4 members (excludes halogenated alkanes) is 17. The van der Waals surface area contributed by atoms with Crippen LogP contribution in [0.5, 0.6) is 0 Å². The number of hydrogen-bond donors (Lipinski definition) is 6. The maximum Gasteiger partial charge on any atom is 0.220 e. The van der Waals surface area contributed by atoms with Gasteiger partial charge in [-0.1, -0.05) is 129 Å². The van der Waals surface area contributed by atoms with Crippen LogP contribution >= 0.6 is 0 Å². The van der Waals surface area contributed by atoms with Gasteiger partial charge in [0.05, 0.1) is 25.4 Å². The molecule has 0 spiro atoms. The molecule has 1 aliphatic heterocycles. The first kappa shape index (κ1) is 39.2. The summed E-state index contributed by atoms with van der Waals surface area (Å²) in [5.74, 6) is -0.152. The molecule has 1 rings (SSSR count). The lowest BCUT2D eigenvalue weighted by Gasteiger charge is -2.40. The summed E-state index contributed by atoms with van der Waals surface area (Å²) in [7, 11) is 0. The van der Waals surface area contributed by atoms with E-state index in [1.165, 1.54) is 83.5 Å². The highest BCUT2D eigenvalue weighted by atomic mass is 16.7. The molecule has 0 radical (unpaired) electrons. The zero-order valence-electron chi connectivity index (χ0n) is 26.8. The Morgan fingerprint density at radius 1 is 0.714 bits per heavy atom. The lowest BCUT2D eigenvalue weighted by molar-refractivity contribution is -0.302. The molecule has 0 aromatic heterocycles. The predicted molar refractivity (Wildman–Crippen MR) is 166 cm³/mol. The fourth-order valence-corrected chi connectivity index (χ4v) is 5.57. The molecule has 1 heterocycles. The average molecular weight is 604 g/mol. The van der Waals surface area contributed by atoms with Crippen molar-refractivity contribution < 1.29 is 39.8 Å². The second-order valence-corrected chi connectivity index (χ2v) is 12.3. The zero-order valence-corrected chi connectivity index (χ0v) is 26.8. The van der Waals surface area contributed by atoms with Crippen molar-refractivity contribution in [3.05, 3.63) is 0 Å². The standard InChI is InChI=1S/C33H65NO8/c1-3-5-7-9-11-13-14-15-16-18-20-22-27(36)26(34-29(37)23-21-19-17-12-10-8-6-4-2)25-41-33-32(40)31(39)30(38)28(24-35)42-33/h26-28,30-33,35-36,38-40H,3-25H2,1-2H3,(H,34,37)/t26-,27+,28+,30-,31?,32?,33+/m0/s1. The average Bonchev–Trinajstić information content (AvgIpc) is 2.98. The van der Waals surface area contributed by atoms with Crippen molar-refractivity contribution in [3.8, 4) is 0 Å². The van der Waals surface area contributed by atoms with E-state index in [9.17, 15) is 30.3 Å². The number of nitrogens with one attached hydrogen (secondary N) is 1. The van der Waals surface area contributed by atoms with E-state index < -0.39 is 49.5 Å². The largest absolute Gasteiger partial charge is 0.394 e. The molecule has 1 aliphatic rings. The third kappa shape index (κ3) is 17.5. The number of amides is 1. The molecule has 1 saturated heterocycles. The number of carbonyl (C=O) groups is 1. The van der Waals surface area contributed by atoms with Gasteiger partial charge in [-0.05, 0) is 12.8 Å². The molecule has 1 fully saturated rings. The first-order chi connectivity index (χ1) is 20.3. The second kappa shape index (κ2) is 25.5. The summed E-state index contributed by atoms with van der Waals surface area (Å²) in [4.78, 5) is 12.7. The van der Waals surface area contributed by atoms with Gasteiger partial charge in [-0.15, -0.1) is 0 Å². The van der Waals surface area contributed by atoms with E-state index in [0.29, 0.717) is 12.8 Å². The second-order valence-electron chi connectivity index (χ2n) is 12.3. The van der Waals surface area contributed by atoms with Crippen molar-refractivity contribution in [2.75, 3.05) is 13.2 Å². The van der Waals surface area contributed by atoms with Gasteiger partial charge in [0, 0.05) is 6.42 Å². The minimum Gasteiger partial charge on any atom is -0.394 e. The van der Waals surface area contributed by atoms with Gasteiger partial charge in [0.2, 0.25) is 5.91 Å². The smallest absolute Gasteiger partial charge is 0.220 e. The van der Waals surface area contributed by atoms with Gasteiger partial charge in [0.1, 0.15) is 24.4 Å². The van der Waals surface area contributed by atoms with Crippen LogP contribution in [0.4, 0.5) is 0 Å². The molecule has 42 heavy (non-hydrogen) atoms. The van der Waals surface area contributed by atoms with E-state index in [1.54, 1.807) is 0 Å². The van der Waals surface area contributed by atoms with E-state index in [4.69, 9.17) is 9.47 Å². The Balaban J connectivity index is 2.48. The first-order valence-electron chi connectivity index (χ1n) is 17.2. The molecule has 1 amide bonds. The van der Waals surface area contributed by atoms with Crippen molar-refractivity contribution in [3.63, 3.8) is 0 Å². The Morgan fingerprint density at radius 3 is 1.69 bits per heavy atom. The van der Waals surface area contributed by atoms with Crippen LogP contribution in [0.3, 0.4) is 0 Å². The first-order valence-corrected chi connectivity index (χ1v) is 17.2. The van der Waals surface area contributed by atoms with E-state index in [0.717, 1.165) is 38.5 Å². The molecule has 2 unspecified atom stereocenters. The van der Waals surface area contributed by atoms with Crippen molar-refractivity contribution in [1.29, 1.82) is 0 Å². The molecule has 0 aromatic rings. The summed E-state index contributed by atoms with van der Waals surface area (Å²) in [6.07, 6.45) is 15.5. The number of aliphatic hydroxyl groups excluding tert-OH is 5. The Bertz CT molecular complexity index is 637. The molecular formula is C33H65NO8. The molecule has 9 nitrogen and oxygen atoms in total. The van der Waals surface area contributed by atoms with Gasteiger partial charge >= 0.3 is 0 Å². The van der Waals surface area contributed by atoms with Gasteiger partial charge in [-0.2, -0.15) is 0 Å². The van der Waals surface area contributed by atoms with Crippen LogP contribution in [0.15, 0.2) is 0 Å².